The monoisotopic (exact) mass is 245 g/mol. The number of carbonyl (C=O) groups is 3. The van der Waals surface area contributed by atoms with Crippen molar-refractivity contribution in [3.63, 3.8) is 0 Å². The van der Waals surface area contributed by atoms with Crippen LogP contribution in [-0.4, -0.2) is 41.0 Å². The van der Waals surface area contributed by atoms with Crippen LogP contribution >= 0.6 is 0 Å². The van der Waals surface area contributed by atoms with Crippen LogP contribution in [0.4, 0.5) is 0 Å². The van der Waals surface area contributed by atoms with Crippen LogP contribution in [0.5, 0.6) is 0 Å². The fourth-order valence-electron chi connectivity index (χ4n) is 0.992. The van der Waals surface area contributed by atoms with Crippen molar-refractivity contribution in [3.8, 4) is 0 Å². The molecule has 0 aliphatic rings. The van der Waals surface area contributed by atoms with E-state index in [1.54, 1.807) is 0 Å². The Morgan fingerprint density at radius 2 is 1.82 bits per heavy atom. The van der Waals surface area contributed by atoms with Crippen LogP contribution in [0.2, 0.25) is 0 Å². The van der Waals surface area contributed by atoms with Crippen LogP contribution in [0.3, 0.4) is 0 Å². The van der Waals surface area contributed by atoms with Crippen molar-refractivity contribution < 1.29 is 19.5 Å². The highest BCUT2D eigenvalue weighted by molar-refractivity contribution is 5.88. The summed E-state index contributed by atoms with van der Waals surface area (Å²) in [4.78, 5) is 32.7. The first-order valence-electron chi connectivity index (χ1n) is 5.17. The third kappa shape index (κ3) is 8.21. The Kier molecular flexibility index (Phi) is 5.60. The molecule has 0 spiro atoms. The first kappa shape index (κ1) is 15.4. The van der Waals surface area contributed by atoms with Crippen molar-refractivity contribution in [2.75, 3.05) is 6.54 Å². The second-order valence-electron chi connectivity index (χ2n) is 4.73. The summed E-state index contributed by atoms with van der Waals surface area (Å²) in [6.45, 7) is 5.60. The molecule has 0 aliphatic carbocycles. The van der Waals surface area contributed by atoms with Crippen LogP contribution in [-0.2, 0) is 14.4 Å². The van der Waals surface area contributed by atoms with Gasteiger partial charge in [0.2, 0.25) is 11.8 Å². The standard InChI is InChI=1S/C10H19N3O4/c1-10(2,3)12-5-8(15)13-6(9(16)17)4-7(11)14/h6,12H,4-5H2,1-3H3,(H2,11,14)(H,13,15)(H,16,17)/t6-/m0/s1. The molecule has 0 aromatic heterocycles. The number of carboxylic acids is 1. The number of carbonyl (C=O) groups excluding carboxylic acids is 2. The number of nitrogens with two attached hydrogens (primary N) is 1. The van der Waals surface area contributed by atoms with E-state index in [-0.39, 0.29) is 12.1 Å². The molecule has 0 unspecified atom stereocenters. The summed E-state index contributed by atoms with van der Waals surface area (Å²) >= 11 is 0. The minimum Gasteiger partial charge on any atom is -0.480 e. The SMILES string of the molecule is CC(C)(C)NCC(=O)N[C@@H](CC(N)=O)C(=O)O. The van der Waals surface area contributed by atoms with Gasteiger partial charge in [0.15, 0.2) is 0 Å². The topological polar surface area (TPSA) is 122 Å². The zero-order valence-electron chi connectivity index (χ0n) is 10.2. The Balaban J connectivity index is 4.22. The molecule has 0 saturated heterocycles. The van der Waals surface area contributed by atoms with E-state index < -0.39 is 30.2 Å². The van der Waals surface area contributed by atoms with E-state index in [9.17, 15) is 14.4 Å². The lowest BCUT2D eigenvalue weighted by Gasteiger charge is -2.21. The van der Waals surface area contributed by atoms with Crippen LogP contribution in [0.15, 0.2) is 0 Å². The van der Waals surface area contributed by atoms with E-state index in [0.29, 0.717) is 0 Å². The summed E-state index contributed by atoms with van der Waals surface area (Å²) in [7, 11) is 0. The molecule has 0 fully saturated rings. The van der Waals surface area contributed by atoms with Crippen LogP contribution in [0.1, 0.15) is 27.2 Å². The third-order valence-electron chi connectivity index (χ3n) is 1.82. The summed E-state index contributed by atoms with van der Waals surface area (Å²) in [5, 5.41) is 13.9. The van der Waals surface area contributed by atoms with Gasteiger partial charge in [-0.15, -0.1) is 0 Å². The predicted octanol–water partition coefficient (Wildman–Crippen LogP) is -1.18. The Labute approximate surface area is 99.7 Å². The molecule has 98 valence electrons. The second-order valence-corrected chi connectivity index (χ2v) is 4.73. The molecule has 0 aromatic carbocycles. The maximum Gasteiger partial charge on any atom is 0.326 e. The lowest BCUT2D eigenvalue weighted by Crippen LogP contribution is -2.49. The van der Waals surface area contributed by atoms with E-state index >= 15 is 0 Å². The molecule has 2 amide bonds. The fourth-order valence-corrected chi connectivity index (χ4v) is 0.992. The molecule has 0 aliphatic heterocycles. The van der Waals surface area contributed by atoms with Crippen LogP contribution in [0.25, 0.3) is 0 Å². The quantitative estimate of drug-likeness (QED) is 0.469. The number of hydrogen-bond acceptors (Lipinski definition) is 4. The van der Waals surface area contributed by atoms with Gasteiger partial charge < -0.3 is 21.5 Å². The average Bonchev–Trinajstić information content (AvgIpc) is 2.11. The largest absolute Gasteiger partial charge is 0.480 e. The van der Waals surface area contributed by atoms with Gasteiger partial charge in [-0.2, -0.15) is 0 Å². The summed E-state index contributed by atoms with van der Waals surface area (Å²) in [5.74, 6) is -2.55. The fraction of sp³-hybridized carbons (Fsp3) is 0.700. The van der Waals surface area contributed by atoms with Crippen molar-refractivity contribution >= 4 is 17.8 Å². The molecule has 0 saturated carbocycles. The second kappa shape index (κ2) is 6.19. The molecule has 7 nitrogen and oxygen atoms in total. The number of nitrogens with one attached hydrogen (secondary N) is 2. The number of carboxylic acid groups (broad SMARTS) is 1. The van der Waals surface area contributed by atoms with E-state index in [1.165, 1.54) is 0 Å². The Bertz CT molecular complexity index is 309. The average molecular weight is 245 g/mol. The van der Waals surface area contributed by atoms with Crippen molar-refractivity contribution in [3.05, 3.63) is 0 Å². The molecule has 0 bridgehead atoms. The van der Waals surface area contributed by atoms with E-state index in [2.05, 4.69) is 10.6 Å². The zero-order valence-corrected chi connectivity index (χ0v) is 10.2. The first-order valence-corrected chi connectivity index (χ1v) is 5.17. The van der Waals surface area contributed by atoms with E-state index in [4.69, 9.17) is 10.8 Å². The lowest BCUT2D eigenvalue weighted by atomic mass is 10.1. The van der Waals surface area contributed by atoms with Gasteiger partial charge in [0.25, 0.3) is 0 Å². The van der Waals surface area contributed by atoms with Crippen molar-refractivity contribution in [2.24, 2.45) is 5.73 Å². The molecule has 7 heteroatoms. The Hall–Kier alpha value is -1.63. The third-order valence-corrected chi connectivity index (χ3v) is 1.82. The number of hydrogen-bond donors (Lipinski definition) is 4. The highest BCUT2D eigenvalue weighted by Crippen LogP contribution is 1.97. The molecule has 0 rings (SSSR count). The number of primary amides is 1. The highest BCUT2D eigenvalue weighted by atomic mass is 16.4. The molecule has 0 radical (unpaired) electrons. The van der Waals surface area contributed by atoms with Crippen molar-refractivity contribution in [1.82, 2.24) is 10.6 Å². The predicted molar refractivity (Wildman–Crippen MR) is 61.1 cm³/mol. The van der Waals surface area contributed by atoms with Gasteiger partial charge in [-0.1, -0.05) is 0 Å². The molecule has 1 atom stereocenters. The van der Waals surface area contributed by atoms with Crippen molar-refractivity contribution in [2.45, 2.75) is 38.8 Å². The van der Waals surface area contributed by atoms with E-state index in [0.717, 1.165) is 0 Å². The molecular weight excluding hydrogens is 226 g/mol. The number of amides is 2. The van der Waals surface area contributed by atoms with Gasteiger partial charge in [-0.25, -0.2) is 4.79 Å². The minimum absolute atomic E-state index is 0.0218. The van der Waals surface area contributed by atoms with Gasteiger partial charge in [0.05, 0.1) is 13.0 Å². The summed E-state index contributed by atoms with van der Waals surface area (Å²) in [6.07, 6.45) is -0.420. The smallest absolute Gasteiger partial charge is 0.326 e. The number of aliphatic carboxylic acids is 1. The summed E-state index contributed by atoms with van der Waals surface area (Å²) in [5.41, 5.74) is 4.63. The lowest BCUT2D eigenvalue weighted by molar-refractivity contribution is -0.143. The zero-order chi connectivity index (χ0) is 13.6. The maximum atomic E-state index is 11.4. The molecule has 5 N–H and O–H groups in total. The van der Waals surface area contributed by atoms with Crippen molar-refractivity contribution in [1.29, 1.82) is 0 Å². The Morgan fingerprint density at radius 1 is 1.29 bits per heavy atom. The van der Waals surface area contributed by atoms with Gasteiger partial charge >= 0.3 is 5.97 Å². The van der Waals surface area contributed by atoms with Gasteiger partial charge in [-0.05, 0) is 20.8 Å². The van der Waals surface area contributed by atoms with Gasteiger partial charge in [-0.3, -0.25) is 9.59 Å². The van der Waals surface area contributed by atoms with Gasteiger partial charge in [0.1, 0.15) is 6.04 Å². The summed E-state index contributed by atoms with van der Waals surface area (Å²) in [6, 6.07) is -1.28. The normalized spacial score (nSPS) is 12.9. The Morgan fingerprint density at radius 3 is 2.18 bits per heavy atom. The summed E-state index contributed by atoms with van der Waals surface area (Å²) < 4.78 is 0. The first-order chi connectivity index (χ1) is 7.61. The van der Waals surface area contributed by atoms with E-state index in [1.807, 2.05) is 20.8 Å². The van der Waals surface area contributed by atoms with Gasteiger partial charge in [0, 0.05) is 5.54 Å². The molecule has 0 aromatic rings. The van der Waals surface area contributed by atoms with Crippen LogP contribution in [0, 0.1) is 0 Å². The maximum absolute atomic E-state index is 11.4. The highest BCUT2D eigenvalue weighted by Gasteiger charge is 2.22. The molecule has 0 heterocycles. The number of rotatable bonds is 6. The molecule has 17 heavy (non-hydrogen) atoms. The van der Waals surface area contributed by atoms with Crippen LogP contribution < -0.4 is 16.4 Å². The minimum atomic E-state index is -1.28. The molecular formula is C10H19N3O4.